The third-order valence-electron chi connectivity index (χ3n) is 3.53. The number of non-ortho nitro benzene ring substituents is 1. The standard InChI is InChI=1S/C16H17N3O5/c1-10-6-13(20)7-11(2)18(10)9-16(21)17-14-5-4-12(19(22)23)8-15(14)24-3/h4-8H,9H2,1-3H3,(H,17,21). The topological polar surface area (TPSA) is 103 Å². The van der Waals surface area contributed by atoms with Crippen LogP contribution in [0.4, 0.5) is 11.4 Å². The second kappa shape index (κ2) is 6.95. The van der Waals surface area contributed by atoms with Gasteiger partial charge in [-0.05, 0) is 19.9 Å². The number of nitro benzene ring substituents is 1. The highest BCUT2D eigenvalue weighted by atomic mass is 16.6. The van der Waals surface area contributed by atoms with Crippen molar-refractivity contribution in [3.63, 3.8) is 0 Å². The maximum atomic E-state index is 12.3. The number of carbonyl (C=O) groups is 1. The minimum Gasteiger partial charge on any atom is -0.494 e. The Hall–Kier alpha value is -3.16. The van der Waals surface area contributed by atoms with Gasteiger partial charge in [0.15, 0.2) is 5.43 Å². The van der Waals surface area contributed by atoms with Gasteiger partial charge in [-0.25, -0.2) is 0 Å². The highest BCUT2D eigenvalue weighted by Gasteiger charge is 2.14. The lowest BCUT2D eigenvalue weighted by atomic mass is 10.2. The molecule has 1 amide bonds. The van der Waals surface area contributed by atoms with Gasteiger partial charge in [0.2, 0.25) is 5.91 Å². The number of amides is 1. The molecule has 0 spiro atoms. The molecular weight excluding hydrogens is 314 g/mol. The van der Waals surface area contributed by atoms with Crippen molar-refractivity contribution in [2.45, 2.75) is 20.4 Å². The maximum Gasteiger partial charge on any atom is 0.273 e. The molecule has 0 saturated carbocycles. The summed E-state index contributed by atoms with van der Waals surface area (Å²) in [5, 5.41) is 13.4. The highest BCUT2D eigenvalue weighted by Crippen LogP contribution is 2.28. The predicted molar refractivity (Wildman–Crippen MR) is 88.5 cm³/mol. The van der Waals surface area contributed by atoms with Gasteiger partial charge in [0.05, 0.1) is 23.8 Å². The molecule has 2 aromatic rings. The summed E-state index contributed by atoms with van der Waals surface area (Å²) in [6.45, 7) is 3.50. The Bertz CT molecular complexity index is 831. The molecule has 0 aliphatic rings. The minimum absolute atomic E-state index is 0.0120. The zero-order valence-corrected chi connectivity index (χ0v) is 13.5. The fourth-order valence-electron chi connectivity index (χ4n) is 2.37. The van der Waals surface area contributed by atoms with E-state index < -0.39 is 4.92 Å². The van der Waals surface area contributed by atoms with Gasteiger partial charge < -0.3 is 14.6 Å². The largest absolute Gasteiger partial charge is 0.494 e. The zero-order valence-electron chi connectivity index (χ0n) is 13.5. The lowest BCUT2D eigenvalue weighted by Crippen LogP contribution is -2.23. The zero-order chi connectivity index (χ0) is 17.9. The molecule has 0 bridgehead atoms. The first-order valence-corrected chi connectivity index (χ1v) is 7.12. The molecule has 0 radical (unpaired) electrons. The summed E-state index contributed by atoms with van der Waals surface area (Å²) in [6, 6.07) is 6.85. The lowest BCUT2D eigenvalue weighted by Gasteiger charge is -2.15. The van der Waals surface area contributed by atoms with E-state index in [2.05, 4.69) is 5.32 Å². The van der Waals surface area contributed by atoms with Crippen molar-refractivity contribution in [3.05, 3.63) is 62.1 Å². The summed E-state index contributed by atoms with van der Waals surface area (Å²) in [5.74, 6) is -0.136. The smallest absolute Gasteiger partial charge is 0.273 e. The lowest BCUT2D eigenvalue weighted by molar-refractivity contribution is -0.384. The molecule has 0 aliphatic carbocycles. The number of hydrogen-bond donors (Lipinski definition) is 1. The van der Waals surface area contributed by atoms with E-state index in [0.717, 1.165) is 0 Å². The van der Waals surface area contributed by atoms with E-state index >= 15 is 0 Å². The molecule has 1 aromatic heterocycles. The van der Waals surface area contributed by atoms with Crippen LogP contribution in [0.2, 0.25) is 0 Å². The van der Waals surface area contributed by atoms with Crippen molar-refractivity contribution in [2.75, 3.05) is 12.4 Å². The van der Waals surface area contributed by atoms with Crippen molar-refractivity contribution in [1.29, 1.82) is 0 Å². The van der Waals surface area contributed by atoms with Gasteiger partial charge in [-0.3, -0.25) is 19.7 Å². The molecule has 8 nitrogen and oxygen atoms in total. The molecule has 0 fully saturated rings. The van der Waals surface area contributed by atoms with Crippen LogP contribution >= 0.6 is 0 Å². The number of pyridine rings is 1. The average molecular weight is 331 g/mol. The van der Waals surface area contributed by atoms with E-state index in [9.17, 15) is 19.7 Å². The molecule has 1 N–H and O–H groups in total. The monoisotopic (exact) mass is 331 g/mol. The number of nitro groups is 1. The maximum absolute atomic E-state index is 12.3. The molecule has 24 heavy (non-hydrogen) atoms. The van der Waals surface area contributed by atoms with Gasteiger partial charge in [-0.1, -0.05) is 0 Å². The number of nitrogens with one attached hydrogen (secondary N) is 1. The Balaban J connectivity index is 2.22. The van der Waals surface area contributed by atoms with Crippen LogP contribution in [0.15, 0.2) is 35.1 Å². The predicted octanol–water partition coefficient (Wildman–Crippen LogP) is 2.02. The Kier molecular flexibility index (Phi) is 4.98. The summed E-state index contributed by atoms with van der Waals surface area (Å²) in [4.78, 5) is 33.9. The Morgan fingerprint density at radius 2 is 1.88 bits per heavy atom. The van der Waals surface area contributed by atoms with Gasteiger partial charge in [-0.2, -0.15) is 0 Å². The van der Waals surface area contributed by atoms with Gasteiger partial charge in [0.1, 0.15) is 12.3 Å². The van der Waals surface area contributed by atoms with Crippen molar-refractivity contribution >= 4 is 17.3 Å². The molecule has 0 unspecified atom stereocenters. The van der Waals surface area contributed by atoms with Crippen LogP contribution < -0.4 is 15.5 Å². The number of anilines is 1. The molecule has 0 saturated heterocycles. The first kappa shape index (κ1) is 17.2. The second-order valence-electron chi connectivity index (χ2n) is 5.25. The average Bonchev–Trinajstić information content (AvgIpc) is 2.51. The first-order valence-electron chi connectivity index (χ1n) is 7.12. The van der Waals surface area contributed by atoms with Crippen LogP contribution in [-0.4, -0.2) is 22.5 Å². The third kappa shape index (κ3) is 3.78. The van der Waals surface area contributed by atoms with Crippen LogP contribution in [0, 0.1) is 24.0 Å². The van der Waals surface area contributed by atoms with Gasteiger partial charge in [0, 0.05) is 29.6 Å². The molecule has 0 atom stereocenters. The van der Waals surface area contributed by atoms with Crippen molar-refractivity contribution in [1.82, 2.24) is 4.57 Å². The van der Waals surface area contributed by atoms with Crippen molar-refractivity contribution < 1.29 is 14.5 Å². The number of hydrogen-bond acceptors (Lipinski definition) is 5. The number of benzene rings is 1. The first-order chi connectivity index (χ1) is 11.3. The second-order valence-corrected chi connectivity index (χ2v) is 5.25. The van der Waals surface area contributed by atoms with E-state index in [0.29, 0.717) is 17.1 Å². The quantitative estimate of drug-likeness (QED) is 0.667. The number of methoxy groups -OCH3 is 1. The van der Waals surface area contributed by atoms with Gasteiger partial charge in [0.25, 0.3) is 5.69 Å². The van der Waals surface area contributed by atoms with Crippen molar-refractivity contribution in [3.8, 4) is 5.75 Å². The summed E-state index contributed by atoms with van der Waals surface area (Å²) in [6.07, 6.45) is 0. The normalized spacial score (nSPS) is 10.3. The van der Waals surface area contributed by atoms with Gasteiger partial charge in [-0.15, -0.1) is 0 Å². The van der Waals surface area contributed by atoms with E-state index in [-0.39, 0.29) is 29.3 Å². The Morgan fingerprint density at radius 1 is 1.25 bits per heavy atom. The Labute approximate surface area is 137 Å². The molecular formula is C16H17N3O5. The van der Waals surface area contributed by atoms with Crippen LogP contribution in [0.5, 0.6) is 5.75 Å². The Morgan fingerprint density at radius 3 is 2.42 bits per heavy atom. The SMILES string of the molecule is COc1cc([N+](=O)[O-])ccc1NC(=O)Cn1c(C)cc(=O)cc1C. The number of rotatable bonds is 5. The molecule has 126 valence electrons. The molecule has 0 aliphatic heterocycles. The van der Waals surface area contributed by atoms with Crippen LogP contribution in [0.3, 0.4) is 0 Å². The highest BCUT2D eigenvalue weighted by molar-refractivity contribution is 5.92. The molecule has 1 aromatic carbocycles. The van der Waals surface area contributed by atoms with Crippen molar-refractivity contribution in [2.24, 2.45) is 0 Å². The number of carbonyl (C=O) groups excluding carboxylic acids is 1. The fraction of sp³-hybridized carbons (Fsp3) is 0.250. The van der Waals surface area contributed by atoms with Crippen LogP contribution in [0.1, 0.15) is 11.4 Å². The van der Waals surface area contributed by atoms with E-state index in [1.54, 1.807) is 18.4 Å². The van der Waals surface area contributed by atoms with Crippen LogP contribution in [-0.2, 0) is 11.3 Å². The fourth-order valence-corrected chi connectivity index (χ4v) is 2.37. The minimum atomic E-state index is -0.541. The van der Waals surface area contributed by atoms with E-state index in [1.807, 2.05) is 0 Å². The number of aromatic nitrogens is 1. The summed E-state index contributed by atoms with van der Waals surface area (Å²) in [5.41, 5.74) is 1.44. The number of ether oxygens (including phenoxy) is 1. The number of aryl methyl sites for hydroxylation is 2. The third-order valence-corrected chi connectivity index (χ3v) is 3.53. The van der Waals surface area contributed by atoms with E-state index in [1.165, 1.54) is 37.4 Å². The summed E-state index contributed by atoms with van der Waals surface area (Å²) in [7, 11) is 1.37. The molecule has 1 heterocycles. The van der Waals surface area contributed by atoms with Gasteiger partial charge >= 0.3 is 0 Å². The van der Waals surface area contributed by atoms with Crippen LogP contribution in [0.25, 0.3) is 0 Å². The summed E-state index contributed by atoms with van der Waals surface area (Å²) >= 11 is 0. The molecule has 8 heteroatoms. The summed E-state index contributed by atoms with van der Waals surface area (Å²) < 4.78 is 6.79. The van der Waals surface area contributed by atoms with E-state index in [4.69, 9.17) is 4.74 Å². The number of nitrogens with zero attached hydrogens (tertiary/aromatic N) is 2. The molecule has 2 rings (SSSR count).